The molecule has 0 fully saturated rings. The van der Waals surface area contributed by atoms with E-state index in [0.717, 1.165) is 11.1 Å². The molecule has 0 saturated carbocycles. The number of H-pyrrole nitrogens is 1. The second-order valence-electron chi connectivity index (χ2n) is 5.39. The molecule has 3 aromatic heterocycles. The molecular weight excluding hydrogens is 338 g/mol. The molecule has 0 atom stereocenters. The molecule has 0 spiro atoms. The molecule has 1 aromatic carbocycles. The number of para-hydroxylation sites is 1. The van der Waals surface area contributed by atoms with E-state index in [1.165, 1.54) is 11.8 Å². The van der Waals surface area contributed by atoms with Gasteiger partial charge in [0.05, 0.1) is 22.2 Å². The van der Waals surface area contributed by atoms with Crippen LogP contribution in [-0.2, 0) is 5.75 Å². The summed E-state index contributed by atoms with van der Waals surface area (Å²) >= 11 is 1.32. The molecule has 4 aromatic rings. The summed E-state index contributed by atoms with van der Waals surface area (Å²) in [5.41, 5.74) is 2.29. The first-order valence-electron chi connectivity index (χ1n) is 7.56. The van der Waals surface area contributed by atoms with Crippen LogP contribution in [-0.4, -0.2) is 25.1 Å². The minimum atomic E-state index is -0.147. The van der Waals surface area contributed by atoms with E-state index in [-0.39, 0.29) is 5.56 Å². The molecule has 1 N–H and O–H groups in total. The second-order valence-corrected chi connectivity index (χ2v) is 6.31. The number of hydrogen-bond donors (Lipinski definition) is 1. The summed E-state index contributed by atoms with van der Waals surface area (Å²) < 4.78 is 5.61. The van der Waals surface area contributed by atoms with E-state index < -0.39 is 0 Å². The van der Waals surface area contributed by atoms with Gasteiger partial charge in [0.15, 0.2) is 0 Å². The summed E-state index contributed by atoms with van der Waals surface area (Å²) in [6.07, 6.45) is 3.34. The molecule has 0 radical (unpaired) electrons. The Hall–Kier alpha value is -3.00. The quantitative estimate of drug-likeness (QED) is 0.564. The van der Waals surface area contributed by atoms with E-state index in [0.29, 0.717) is 33.6 Å². The molecule has 25 heavy (non-hydrogen) atoms. The van der Waals surface area contributed by atoms with E-state index >= 15 is 0 Å². The number of pyridine rings is 1. The van der Waals surface area contributed by atoms with E-state index in [9.17, 15) is 4.79 Å². The van der Waals surface area contributed by atoms with E-state index in [4.69, 9.17) is 4.42 Å². The Morgan fingerprint density at radius 2 is 2.12 bits per heavy atom. The van der Waals surface area contributed by atoms with Crippen LogP contribution in [0.3, 0.4) is 0 Å². The Labute approximate surface area is 146 Å². The number of nitrogens with one attached hydrogen (secondary N) is 1. The Balaban J connectivity index is 1.56. The first-order valence-corrected chi connectivity index (χ1v) is 8.54. The number of aryl methyl sites for hydroxylation is 1. The Kier molecular flexibility index (Phi) is 4.02. The summed E-state index contributed by atoms with van der Waals surface area (Å²) in [5.74, 6) is 1.40. The van der Waals surface area contributed by atoms with E-state index in [2.05, 4.69) is 25.1 Å². The molecule has 0 aliphatic rings. The summed E-state index contributed by atoms with van der Waals surface area (Å²) in [4.78, 5) is 23.6. The molecule has 0 aliphatic heterocycles. The normalized spacial score (nSPS) is 11.1. The number of benzene rings is 1. The third-order valence-corrected chi connectivity index (χ3v) is 4.46. The first kappa shape index (κ1) is 15.5. The van der Waals surface area contributed by atoms with Gasteiger partial charge in [-0.05, 0) is 30.7 Å². The highest BCUT2D eigenvalue weighted by atomic mass is 32.2. The van der Waals surface area contributed by atoms with E-state index in [1.807, 2.05) is 25.1 Å². The zero-order valence-corrected chi connectivity index (χ0v) is 14.1. The highest BCUT2D eigenvalue weighted by molar-refractivity contribution is 7.98. The third kappa shape index (κ3) is 3.16. The van der Waals surface area contributed by atoms with Crippen molar-refractivity contribution < 1.29 is 4.42 Å². The van der Waals surface area contributed by atoms with Crippen molar-refractivity contribution in [2.45, 2.75) is 17.9 Å². The van der Waals surface area contributed by atoms with Crippen LogP contribution in [0.1, 0.15) is 11.4 Å². The van der Waals surface area contributed by atoms with Gasteiger partial charge >= 0.3 is 0 Å². The minimum Gasteiger partial charge on any atom is -0.411 e. The average molecular weight is 351 g/mol. The lowest BCUT2D eigenvalue weighted by Crippen LogP contribution is -2.11. The molecular formula is C17H13N5O2S. The van der Waals surface area contributed by atoms with Crippen molar-refractivity contribution in [3.05, 3.63) is 64.5 Å². The maximum absolute atomic E-state index is 12.2. The largest absolute Gasteiger partial charge is 0.411 e. The molecule has 0 unspecified atom stereocenters. The lowest BCUT2D eigenvalue weighted by molar-refractivity contribution is 0.465. The standard InChI is InChI=1S/C17H13N5O2S/c1-10-4-2-6-12-14(10)19-13(20-15(12)23)9-25-17-22-21-16(24-17)11-5-3-7-18-8-11/h2-8H,9H2,1H3,(H,19,20,23). The van der Waals surface area contributed by atoms with Gasteiger partial charge in [-0.2, -0.15) is 0 Å². The number of nitrogens with zero attached hydrogens (tertiary/aromatic N) is 4. The van der Waals surface area contributed by atoms with Crippen LogP contribution in [0.25, 0.3) is 22.4 Å². The first-order chi connectivity index (χ1) is 12.2. The van der Waals surface area contributed by atoms with Crippen molar-refractivity contribution in [3.8, 4) is 11.5 Å². The minimum absolute atomic E-state index is 0.147. The molecule has 0 bridgehead atoms. The molecule has 0 saturated heterocycles. The highest BCUT2D eigenvalue weighted by Crippen LogP contribution is 2.24. The SMILES string of the molecule is Cc1cccc2c(=O)[nH]c(CSc3nnc(-c4cccnc4)o3)nc12. The molecule has 8 heteroatoms. The van der Waals surface area contributed by atoms with Crippen molar-refractivity contribution in [3.63, 3.8) is 0 Å². The Morgan fingerprint density at radius 3 is 2.96 bits per heavy atom. The molecule has 0 aliphatic carbocycles. The fraction of sp³-hybridized carbons (Fsp3) is 0.118. The molecule has 0 amide bonds. The summed E-state index contributed by atoms with van der Waals surface area (Å²) in [6.45, 7) is 1.93. The Bertz CT molecular complexity index is 1090. The van der Waals surface area contributed by atoms with Gasteiger partial charge in [0, 0.05) is 12.4 Å². The van der Waals surface area contributed by atoms with Gasteiger partial charge < -0.3 is 9.40 Å². The third-order valence-electron chi connectivity index (χ3n) is 3.63. The monoisotopic (exact) mass is 351 g/mol. The smallest absolute Gasteiger partial charge is 0.277 e. The van der Waals surface area contributed by atoms with Gasteiger partial charge in [-0.3, -0.25) is 9.78 Å². The van der Waals surface area contributed by atoms with Gasteiger partial charge in [-0.15, -0.1) is 10.2 Å². The number of aromatic nitrogens is 5. The van der Waals surface area contributed by atoms with Crippen molar-refractivity contribution in [1.29, 1.82) is 0 Å². The maximum Gasteiger partial charge on any atom is 0.277 e. The fourth-order valence-electron chi connectivity index (χ4n) is 2.42. The van der Waals surface area contributed by atoms with Gasteiger partial charge in [0.1, 0.15) is 5.82 Å². The van der Waals surface area contributed by atoms with E-state index in [1.54, 1.807) is 24.5 Å². The summed E-state index contributed by atoms with van der Waals surface area (Å²) in [6, 6.07) is 9.20. The molecule has 124 valence electrons. The van der Waals surface area contributed by atoms with Gasteiger partial charge in [0.2, 0.25) is 5.89 Å². The second kappa shape index (κ2) is 6.48. The predicted molar refractivity (Wildman–Crippen MR) is 94.2 cm³/mol. The van der Waals surface area contributed by atoms with Crippen LogP contribution in [0.2, 0.25) is 0 Å². The van der Waals surface area contributed by atoms with Crippen LogP contribution in [0.4, 0.5) is 0 Å². The lowest BCUT2D eigenvalue weighted by atomic mass is 10.1. The van der Waals surface area contributed by atoms with Gasteiger partial charge in [-0.1, -0.05) is 23.9 Å². The van der Waals surface area contributed by atoms with Crippen LogP contribution in [0.15, 0.2) is 57.2 Å². The number of fused-ring (bicyclic) bond motifs is 1. The topological polar surface area (TPSA) is 97.6 Å². The highest BCUT2D eigenvalue weighted by Gasteiger charge is 2.11. The van der Waals surface area contributed by atoms with Crippen LogP contribution >= 0.6 is 11.8 Å². The van der Waals surface area contributed by atoms with Gasteiger partial charge in [0.25, 0.3) is 10.8 Å². The lowest BCUT2D eigenvalue weighted by Gasteiger charge is -2.03. The zero-order valence-electron chi connectivity index (χ0n) is 13.3. The average Bonchev–Trinajstić information content (AvgIpc) is 3.11. The number of hydrogen-bond acceptors (Lipinski definition) is 7. The fourth-order valence-corrected chi connectivity index (χ4v) is 3.06. The van der Waals surface area contributed by atoms with Crippen LogP contribution < -0.4 is 5.56 Å². The molecule has 3 heterocycles. The van der Waals surface area contributed by atoms with Crippen molar-refractivity contribution in [2.75, 3.05) is 0 Å². The predicted octanol–water partition coefficient (Wildman–Crippen LogP) is 2.97. The van der Waals surface area contributed by atoms with Gasteiger partial charge in [-0.25, -0.2) is 4.98 Å². The molecule has 4 rings (SSSR count). The van der Waals surface area contributed by atoms with Crippen LogP contribution in [0, 0.1) is 6.92 Å². The Morgan fingerprint density at radius 1 is 1.20 bits per heavy atom. The number of thioether (sulfide) groups is 1. The van der Waals surface area contributed by atoms with Crippen molar-refractivity contribution >= 4 is 22.7 Å². The summed E-state index contributed by atoms with van der Waals surface area (Å²) in [5, 5.41) is 9.02. The number of rotatable bonds is 4. The van der Waals surface area contributed by atoms with Crippen molar-refractivity contribution in [1.82, 2.24) is 25.1 Å². The van der Waals surface area contributed by atoms with Crippen LogP contribution in [0.5, 0.6) is 0 Å². The zero-order chi connectivity index (χ0) is 17.2. The number of aromatic amines is 1. The molecule has 7 nitrogen and oxygen atoms in total. The summed E-state index contributed by atoms with van der Waals surface area (Å²) in [7, 11) is 0. The van der Waals surface area contributed by atoms with Crippen molar-refractivity contribution in [2.24, 2.45) is 0 Å². The maximum atomic E-state index is 12.2.